The molecule has 10 heteroatoms. The molecule has 0 radical (unpaired) electrons. The molecule has 1 aliphatic rings. The van der Waals surface area contributed by atoms with Crippen molar-refractivity contribution in [2.24, 2.45) is 5.73 Å². The molecule has 1 fully saturated rings. The average molecular weight is 580 g/mol. The lowest BCUT2D eigenvalue weighted by Crippen LogP contribution is -2.42. The zero-order valence-corrected chi connectivity index (χ0v) is 22.7. The van der Waals surface area contributed by atoms with E-state index in [2.05, 4.69) is 39.8 Å². The van der Waals surface area contributed by atoms with Crippen LogP contribution in [0, 0.1) is 0 Å². The van der Waals surface area contributed by atoms with E-state index >= 15 is 0 Å². The summed E-state index contributed by atoms with van der Waals surface area (Å²) in [4.78, 5) is 15.1. The quantitative estimate of drug-likeness (QED) is 0.286. The van der Waals surface area contributed by atoms with E-state index in [1.807, 2.05) is 30.3 Å². The number of hydrogen-bond acceptors (Lipinski definition) is 6. The summed E-state index contributed by atoms with van der Waals surface area (Å²) in [6, 6.07) is 14.1. The van der Waals surface area contributed by atoms with Gasteiger partial charge in [0.15, 0.2) is 5.76 Å². The van der Waals surface area contributed by atoms with Crippen LogP contribution in [-0.2, 0) is 6.54 Å². The van der Waals surface area contributed by atoms with Gasteiger partial charge < -0.3 is 24.8 Å². The lowest BCUT2D eigenvalue weighted by molar-refractivity contribution is 0.0685. The van der Waals surface area contributed by atoms with Crippen molar-refractivity contribution < 1.29 is 14.4 Å². The van der Waals surface area contributed by atoms with E-state index in [9.17, 15) is 9.90 Å². The summed E-state index contributed by atoms with van der Waals surface area (Å²) in [6.07, 6.45) is 2.36. The van der Waals surface area contributed by atoms with Gasteiger partial charge in [-0.2, -0.15) is 0 Å². The summed E-state index contributed by atoms with van der Waals surface area (Å²) in [5.41, 5.74) is 7.41. The Hall–Kier alpha value is -2.17. The van der Waals surface area contributed by atoms with Crippen molar-refractivity contribution in [3.05, 3.63) is 62.7 Å². The zero-order chi connectivity index (χ0) is 25.1. The van der Waals surface area contributed by atoms with Crippen LogP contribution in [0.3, 0.4) is 0 Å². The number of nitrogens with zero attached hydrogens (tertiary/aromatic N) is 3. The van der Waals surface area contributed by atoms with Crippen LogP contribution in [0.1, 0.15) is 42.9 Å². The number of fused-ring (bicyclic) bond motifs is 1. The Labute approximate surface area is 221 Å². The molecule has 0 atom stereocenters. The minimum Gasteiger partial charge on any atom is -0.477 e. The van der Waals surface area contributed by atoms with E-state index in [-0.39, 0.29) is 12.2 Å². The van der Waals surface area contributed by atoms with Gasteiger partial charge in [0.25, 0.3) is 0 Å². The molecule has 1 aliphatic heterocycles. The van der Waals surface area contributed by atoms with Gasteiger partial charge in [0.2, 0.25) is 0 Å². The minimum atomic E-state index is -1.00. The van der Waals surface area contributed by atoms with Gasteiger partial charge in [0.1, 0.15) is 11.4 Å². The fourth-order valence-corrected chi connectivity index (χ4v) is 5.89. The molecule has 0 aliphatic carbocycles. The first kappa shape index (κ1) is 25.9. The first-order valence-corrected chi connectivity index (χ1v) is 13.4. The molecule has 4 aromatic rings. The molecule has 1 saturated heterocycles. The third-order valence-corrected chi connectivity index (χ3v) is 8.16. The number of rotatable bonds is 5. The molecule has 186 valence electrons. The Morgan fingerprint density at radius 3 is 2.63 bits per heavy atom. The second-order valence-corrected chi connectivity index (χ2v) is 11.3. The molecule has 0 spiro atoms. The van der Waals surface area contributed by atoms with Crippen LogP contribution >= 0.6 is 38.9 Å². The van der Waals surface area contributed by atoms with Crippen LogP contribution in [-0.4, -0.2) is 50.9 Å². The number of hydrogen-bond donors (Lipinski definition) is 2. The predicted molar refractivity (Wildman–Crippen MR) is 144 cm³/mol. The number of likely N-dealkylation sites (tertiary alicyclic amines) is 1. The molecule has 0 unspecified atom stereocenters. The molecule has 4 heterocycles. The smallest absolute Gasteiger partial charge is 0.353 e. The van der Waals surface area contributed by atoms with Crippen LogP contribution in [0.4, 0.5) is 0 Å². The van der Waals surface area contributed by atoms with E-state index in [1.165, 1.54) is 37.3 Å². The van der Waals surface area contributed by atoms with Crippen molar-refractivity contribution in [1.82, 2.24) is 14.6 Å². The molecule has 0 bridgehead atoms. The Kier molecular flexibility index (Phi) is 8.34. The largest absolute Gasteiger partial charge is 0.477 e. The number of aromatic carboxylic acids is 1. The summed E-state index contributed by atoms with van der Waals surface area (Å²) < 4.78 is 8.33. The second-order valence-electron chi connectivity index (χ2n) is 8.82. The SMILES string of the molecule is CC(C)N1CCC(N)CC1.O=C(O)c1c(Br)c2ccccc2n1Cc1cc(-c2ccc(Cl)s2)on1. The molecule has 35 heavy (non-hydrogen) atoms. The summed E-state index contributed by atoms with van der Waals surface area (Å²) in [5.74, 6) is -0.392. The maximum absolute atomic E-state index is 11.7. The number of carboxylic acid groups (broad SMARTS) is 1. The summed E-state index contributed by atoms with van der Waals surface area (Å²) in [7, 11) is 0. The van der Waals surface area contributed by atoms with Crippen LogP contribution in [0.5, 0.6) is 0 Å². The standard InChI is InChI=1S/C17H10BrClN2O3S.C8H18N2/c18-15-10-3-1-2-4-11(10)21(16(15)17(22)23)8-9-7-12(24-20-9)13-5-6-14(19)25-13;1-7(2)10-5-3-8(9)4-6-10/h1-7H,8H2,(H,22,23);7-8H,3-6,9H2,1-2H3. The number of piperidine rings is 1. The molecule has 5 rings (SSSR count). The highest BCUT2D eigenvalue weighted by molar-refractivity contribution is 9.10. The summed E-state index contributed by atoms with van der Waals surface area (Å²) in [5, 5.41) is 14.5. The van der Waals surface area contributed by atoms with Crippen LogP contribution < -0.4 is 5.73 Å². The highest BCUT2D eigenvalue weighted by Crippen LogP contribution is 2.34. The highest BCUT2D eigenvalue weighted by Gasteiger charge is 2.22. The highest BCUT2D eigenvalue weighted by atomic mass is 79.9. The van der Waals surface area contributed by atoms with Gasteiger partial charge in [-0.1, -0.05) is 35.0 Å². The average Bonchev–Trinajstić information content (AvgIpc) is 3.54. The van der Waals surface area contributed by atoms with Crippen molar-refractivity contribution in [1.29, 1.82) is 0 Å². The van der Waals surface area contributed by atoms with Crippen LogP contribution in [0.15, 0.2) is 51.5 Å². The van der Waals surface area contributed by atoms with Gasteiger partial charge in [0, 0.05) is 23.5 Å². The lowest BCUT2D eigenvalue weighted by Gasteiger charge is -2.32. The predicted octanol–water partition coefficient (Wildman–Crippen LogP) is 6.34. The molecule has 3 N–H and O–H groups in total. The molecule has 0 amide bonds. The zero-order valence-electron chi connectivity index (χ0n) is 19.6. The Morgan fingerprint density at radius 2 is 2.00 bits per heavy atom. The lowest BCUT2D eigenvalue weighted by atomic mass is 10.1. The molecule has 1 aromatic carbocycles. The number of carboxylic acids is 1. The number of halogens is 2. The fourth-order valence-electron chi connectivity index (χ4n) is 4.18. The number of aromatic nitrogens is 2. The van der Waals surface area contributed by atoms with Gasteiger partial charge in [-0.05, 0) is 73.9 Å². The monoisotopic (exact) mass is 578 g/mol. The number of carbonyl (C=O) groups is 1. The van der Waals surface area contributed by atoms with Gasteiger partial charge in [-0.3, -0.25) is 0 Å². The number of benzene rings is 1. The van der Waals surface area contributed by atoms with Crippen molar-refractivity contribution in [3.63, 3.8) is 0 Å². The van der Waals surface area contributed by atoms with E-state index in [0.29, 0.717) is 32.3 Å². The number of para-hydroxylation sites is 1. The topological polar surface area (TPSA) is 97.5 Å². The minimum absolute atomic E-state index is 0.185. The van der Waals surface area contributed by atoms with Crippen molar-refractivity contribution in [2.45, 2.75) is 45.3 Å². The van der Waals surface area contributed by atoms with Crippen LogP contribution in [0.25, 0.3) is 21.5 Å². The fraction of sp³-hybridized carbons (Fsp3) is 0.360. The molecule has 0 saturated carbocycles. The van der Waals surface area contributed by atoms with Gasteiger partial charge in [-0.25, -0.2) is 4.79 Å². The van der Waals surface area contributed by atoms with Crippen molar-refractivity contribution in [3.8, 4) is 10.6 Å². The maximum atomic E-state index is 11.7. The van der Waals surface area contributed by atoms with E-state index in [4.69, 9.17) is 21.9 Å². The molecule has 7 nitrogen and oxygen atoms in total. The van der Waals surface area contributed by atoms with E-state index in [0.717, 1.165) is 15.8 Å². The number of thiophene rings is 1. The van der Waals surface area contributed by atoms with Crippen molar-refractivity contribution in [2.75, 3.05) is 13.1 Å². The Bertz CT molecular complexity index is 1310. The Balaban J connectivity index is 0.000000243. The van der Waals surface area contributed by atoms with Gasteiger partial charge >= 0.3 is 5.97 Å². The molecular formula is C25H28BrClN4O3S. The first-order chi connectivity index (χ1) is 16.7. The molecular weight excluding hydrogens is 552 g/mol. The third-order valence-electron chi connectivity index (χ3n) is 6.11. The second kappa shape index (κ2) is 11.3. The molecule has 3 aromatic heterocycles. The van der Waals surface area contributed by atoms with Crippen molar-refractivity contribution >= 4 is 55.7 Å². The van der Waals surface area contributed by atoms with E-state index in [1.54, 1.807) is 16.7 Å². The van der Waals surface area contributed by atoms with E-state index < -0.39 is 5.97 Å². The number of nitrogens with two attached hydrogens (primary N) is 1. The first-order valence-electron chi connectivity index (χ1n) is 11.5. The Morgan fingerprint density at radius 1 is 1.29 bits per heavy atom. The van der Waals surface area contributed by atoms with Gasteiger partial charge in [-0.15, -0.1) is 11.3 Å². The summed E-state index contributed by atoms with van der Waals surface area (Å²) >= 11 is 10.8. The summed E-state index contributed by atoms with van der Waals surface area (Å²) in [6.45, 7) is 7.17. The normalized spacial score (nSPS) is 14.9. The third kappa shape index (κ3) is 5.98. The van der Waals surface area contributed by atoms with Crippen LogP contribution in [0.2, 0.25) is 4.34 Å². The van der Waals surface area contributed by atoms with Gasteiger partial charge in [0.05, 0.1) is 25.7 Å². The maximum Gasteiger partial charge on any atom is 0.353 e.